The highest BCUT2D eigenvalue weighted by atomic mass is 16.6. The molecule has 2 aromatic rings. The maximum absolute atomic E-state index is 11.8. The number of nitrogens with one attached hydrogen (secondary N) is 1. The van der Waals surface area contributed by atoms with Crippen LogP contribution in [0.1, 0.15) is 22.8 Å². The number of esters is 2. The van der Waals surface area contributed by atoms with Gasteiger partial charge in [-0.15, -0.1) is 0 Å². The van der Waals surface area contributed by atoms with Gasteiger partial charge in [0.25, 0.3) is 5.91 Å². The van der Waals surface area contributed by atoms with Crippen molar-refractivity contribution >= 4 is 23.5 Å². The highest BCUT2D eigenvalue weighted by Gasteiger charge is 2.10. The van der Waals surface area contributed by atoms with Crippen molar-refractivity contribution in [1.29, 1.82) is 0 Å². The molecule has 0 heterocycles. The summed E-state index contributed by atoms with van der Waals surface area (Å²) in [5, 5.41) is 2.57. The molecule has 0 aliphatic carbocycles. The maximum atomic E-state index is 11.8. The third-order valence-electron chi connectivity index (χ3n) is 3.48. The number of benzene rings is 2. The van der Waals surface area contributed by atoms with Gasteiger partial charge in [0.15, 0.2) is 13.2 Å². The van der Waals surface area contributed by atoms with E-state index in [0.717, 1.165) is 5.56 Å². The molecule has 142 valence electrons. The smallest absolute Gasteiger partial charge is 0.344 e. The summed E-state index contributed by atoms with van der Waals surface area (Å²) in [7, 11) is 0. The van der Waals surface area contributed by atoms with Crippen molar-refractivity contribution in [3.63, 3.8) is 0 Å². The van der Waals surface area contributed by atoms with Gasteiger partial charge in [0, 0.05) is 5.69 Å². The number of carbonyl (C=O) groups excluding carboxylic acids is 3. The van der Waals surface area contributed by atoms with Crippen molar-refractivity contribution in [2.45, 2.75) is 13.8 Å². The molecular formula is C20H21NO6. The quantitative estimate of drug-likeness (QED) is 0.718. The third kappa shape index (κ3) is 6.47. The Morgan fingerprint density at radius 1 is 0.926 bits per heavy atom. The lowest BCUT2D eigenvalue weighted by Gasteiger charge is -2.09. The van der Waals surface area contributed by atoms with Crippen molar-refractivity contribution in [2.24, 2.45) is 0 Å². The molecule has 0 fully saturated rings. The zero-order valence-electron chi connectivity index (χ0n) is 15.2. The van der Waals surface area contributed by atoms with Crippen molar-refractivity contribution in [2.75, 3.05) is 25.1 Å². The lowest BCUT2D eigenvalue weighted by molar-refractivity contribution is -0.149. The van der Waals surface area contributed by atoms with Crippen molar-refractivity contribution in [3.8, 4) is 5.75 Å². The summed E-state index contributed by atoms with van der Waals surface area (Å²) in [6.07, 6.45) is 0. The molecular weight excluding hydrogens is 350 g/mol. The van der Waals surface area contributed by atoms with Gasteiger partial charge in [0.2, 0.25) is 0 Å². The topological polar surface area (TPSA) is 90.9 Å². The van der Waals surface area contributed by atoms with E-state index in [1.54, 1.807) is 31.2 Å². The Hall–Kier alpha value is -3.35. The molecule has 0 spiro atoms. The first-order valence-corrected chi connectivity index (χ1v) is 8.40. The Balaban J connectivity index is 1.74. The number of hydrogen-bond donors (Lipinski definition) is 1. The van der Waals surface area contributed by atoms with Gasteiger partial charge < -0.3 is 19.5 Å². The van der Waals surface area contributed by atoms with E-state index in [1.807, 2.05) is 19.1 Å². The number of anilines is 1. The molecule has 0 saturated heterocycles. The molecule has 27 heavy (non-hydrogen) atoms. The number of hydrogen-bond acceptors (Lipinski definition) is 6. The van der Waals surface area contributed by atoms with E-state index in [9.17, 15) is 14.4 Å². The third-order valence-corrected chi connectivity index (χ3v) is 3.48. The van der Waals surface area contributed by atoms with Crippen LogP contribution in [-0.4, -0.2) is 37.7 Å². The van der Waals surface area contributed by atoms with E-state index < -0.39 is 24.5 Å². The van der Waals surface area contributed by atoms with Gasteiger partial charge in [-0.3, -0.25) is 4.79 Å². The van der Waals surface area contributed by atoms with Gasteiger partial charge in [-0.25, -0.2) is 9.59 Å². The highest BCUT2D eigenvalue weighted by Crippen LogP contribution is 2.16. The first-order chi connectivity index (χ1) is 13.0. The first kappa shape index (κ1) is 20.0. The predicted octanol–water partition coefficient (Wildman–Crippen LogP) is 2.73. The van der Waals surface area contributed by atoms with E-state index in [-0.39, 0.29) is 13.2 Å². The Kier molecular flexibility index (Phi) is 7.37. The number of carbonyl (C=O) groups is 3. The molecule has 0 bridgehead atoms. The predicted molar refractivity (Wildman–Crippen MR) is 98.7 cm³/mol. The fraction of sp³-hybridized carbons (Fsp3) is 0.250. The summed E-state index contributed by atoms with van der Waals surface area (Å²) in [6, 6.07) is 13.5. The molecule has 0 aliphatic heterocycles. The average Bonchev–Trinajstić information content (AvgIpc) is 2.66. The van der Waals surface area contributed by atoms with Crippen molar-refractivity contribution in [1.82, 2.24) is 0 Å². The van der Waals surface area contributed by atoms with Crippen molar-refractivity contribution < 1.29 is 28.6 Å². The Labute approximate surface area is 157 Å². The summed E-state index contributed by atoms with van der Waals surface area (Å²) in [6.45, 7) is 3.15. The minimum absolute atomic E-state index is 0.285. The Bertz CT molecular complexity index is 800. The molecule has 0 aromatic heterocycles. The van der Waals surface area contributed by atoms with Crippen LogP contribution < -0.4 is 10.1 Å². The summed E-state index contributed by atoms with van der Waals surface area (Å²) in [5.41, 5.74) is 1.75. The molecule has 0 saturated carbocycles. The lowest BCUT2D eigenvalue weighted by atomic mass is 10.2. The van der Waals surface area contributed by atoms with Gasteiger partial charge in [0.05, 0.1) is 12.2 Å². The monoisotopic (exact) mass is 371 g/mol. The molecule has 7 nitrogen and oxygen atoms in total. The van der Waals surface area contributed by atoms with E-state index in [2.05, 4.69) is 5.32 Å². The van der Waals surface area contributed by atoms with Gasteiger partial charge in [-0.2, -0.15) is 0 Å². The van der Waals surface area contributed by atoms with Crippen LogP contribution in [0, 0.1) is 6.92 Å². The second kappa shape index (κ2) is 9.96. The second-order valence-corrected chi connectivity index (χ2v) is 5.56. The first-order valence-electron chi connectivity index (χ1n) is 8.40. The molecule has 1 N–H and O–H groups in total. The minimum Gasteiger partial charge on any atom is -0.482 e. The van der Waals surface area contributed by atoms with Gasteiger partial charge >= 0.3 is 11.9 Å². The van der Waals surface area contributed by atoms with Crippen LogP contribution in [0.3, 0.4) is 0 Å². The number of aryl methyl sites for hydroxylation is 1. The molecule has 0 unspecified atom stereocenters. The number of para-hydroxylation sites is 1. The summed E-state index contributed by atoms with van der Waals surface area (Å²) < 4.78 is 15.1. The molecule has 0 atom stereocenters. The lowest BCUT2D eigenvalue weighted by Crippen LogP contribution is -2.23. The van der Waals surface area contributed by atoms with Crippen LogP contribution in [0.2, 0.25) is 0 Å². The van der Waals surface area contributed by atoms with E-state index in [0.29, 0.717) is 17.0 Å². The summed E-state index contributed by atoms with van der Waals surface area (Å²) in [5.74, 6) is -0.993. The van der Waals surface area contributed by atoms with Crippen LogP contribution in [0.15, 0.2) is 48.5 Å². The average molecular weight is 371 g/mol. The molecule has 2 rings (SSSR count). The Morgan fingerprint density at radius 3 is 2.30 bits per heavy atom. The zero-order chi connectivity index (χ0) is 19.6. The number of rotatable bonds is 8. The maximum Gasteiger partial charge on any atom is 0.344 e. The fourth-order valence-electron chi connectivity index (χ4n) is 2.14. The van der Waals surface area contributed by atoms with Gasteiger partial charge in [-0.1, -0.05) is 18.2 Å². The highest BCUT2D eigenvalue weighted by molar-refractivity contribution is 5.94. The number of amides is 1. The van der Waals surface area contributed by atoms with Gasteiger partial charge in [-0.05, 0) is 49.7 Å². The minimum atomic E-state index is -0.647. The van der Waals surface area contributed by atoms with Crippen LogP contribution in [0.5, 0.6) is 5.75 Å². The molecule has 0 radical (unpaired) electrons. The van der Waals surface area contributed by atoms with Gasteiger partial charge in [0.1, 0.15) is 5.75 Å². The number of ether oxygens (including phenoxy) is 3. The fourth-order valence-corrected chi connectivity index (χ4v) is 2.14. The molecule has 1 amide bonds. The Morgan fingerprint density at radius 2 is 1.63 bits per heavy atom. The van der Waals surface area contributed by atoms with Crippen LogP contribution in [-0.2, 0) is 19.1 Å². The largest absolute Gasteiger partial charge is 0.482 e. The van der Waals surface area contributed by atoms with Crippen LogP contribution in [0.25, 0.3) is 0 Å². The van der Waals surface area contributed by atoms with Crippen molar-refractivity contribution in [3.05, 3.63) is 59.7 Å². The van der Waals surface area contributed by atoms with E-state index in [4.69, 9.17) is 14.2 Å². The zero-order valence-corrected chi connectivity index (χ0v) is 15.2. The molecule has 2 aromatic carbocycles. The van der Waals surface area contributed by atoms with E-state index >= 15 is 0 Å². The van der Waals surface area contributed by atoms with E-state index in [1.165, 1.54) is 12.1 Å². The summed E-state index contributed by atoms with van der Waals surface area (Å²) in [4.78, 5) is 35.1. The van der Waals surface area contributed by atoms with Crippen LogP contribution in [0.4, 0.5) is 5.69 Å². The van der Waals surface area contributed by atoms with Crippen LogP contribution >= 0.6 is 0 Å². The molecule has 0 aliphatic rings. The SMILES string of the molecule is CCOC(=O)c1ccc(NC(=O)COC(=O)COc2ccccc2C)cc1. The second-order valence-electron chi connectivity index (χ2n) is 5.56. The normalized spacial score (nSPS) is 10.0. The summed E-state index contributed by atoms with van der Waals surface area (Å²) >= 11 is 0. The molecule has 7 heteroatoms. The standard InChI is InChI=1S/C20H21NO6/c1-3-25-20(24)15-8-10-16(11-9-15)21-18(22)12-27-19(23)13-26-17-7-5-4-6-14(17)2/h4-11H,3,12-13H2,1-2H3,(H,21,22).